The van der Waals surface area contributed by atoms with E-state index in [9.17, 15) is 19.1 Å². The second-order valence-electron chi connectivity index (χ2n) is 11.3. The third kappa shape index (κ3) is 5.11. The highest BCUT2D eigenvalue weighted by Crippen LogP contribution is 2.38. The van der Waals surface area contributed by atoms with E-state index in [-0.39, 0.29) is 24.8 Å². The maximum Gasteiger partial charge on any atom is 0.251 e. The van der Waals surface area contributed by atoms with Crippen LogP contribution in [0.5, 0.6) is 0 Å². The minimum absolute atomic E-state index is 0.0850. The highest BCUT2D eigenvalue weighted by molar-refractivity contribution is 7.14. The number of carbonyl (C=O) groups is 2. The number of ketones is 1. The van der Waals surface area contributed by atoms with Crippen LogP contribution in [0.1, 0.15) is 42.5 Å². The number of nitrogens with one attached hydrogen (secondary N) is 1. The molecule has 4 heterocycles. The molecule has 2 aromatic rings. The number of halogens is 1. The Balaban J connectivity index is 1.16. The number of piperazine rings is 1. The van der Waals surface area contributed by atoms with Gasteiger partial charge in [-0.2, -0.15) is 0 Å². The van der Waals surface area contributed by atoms with E-state index in [0.717, 1.165) is 61.8 Å². The van der Waals surface area contributed by atoms with Crippen LogP contribution in [-0.2, 0) is 9.53 Å². The molecule has 39 heavy (non-hydrogen) atoms. The molecule has 1 unspecified atom stereocenters. The standard InChI is InChI=1S/C28H36FN5O4S/c1-32-11-13-33(14-12-32)27-30-21(17-39-27)18-5-7-19(8-6-18)25(36)31-28(9-3-2-4-10-28)26(37)34-15-20(29)24-23(34)22(35)16-38-24/h5-8,17,20,23-24,26,37H,2-4,9-16H2,1H3,(H,31,36)/t20-,23+,24+,26?/m0/s1. The van der Waals surface area contributed by atoms with Crippen molar-refractivity contribution in [2.24, 2.45) is 0 Å². The minimum atomic E-state index is -1.34. The Kier molecular flexibility index (Phi) is 7.45. The number of anilines is 1. The van der Waals surface area contributed by atoms with Gasteiger partial charge in [-0.15, -0.1) is 11.3 Å². The molecule has 3 saturated heterocycles. The first-order valence-corrected chi connectivity index (χ1v) is 14.8. The SMILES string of the molecule is CN1CCN(c2nc(-c3ccc(C(=O)NC4(C(O)N5C[C@H](F)[C@H]6OCC(=O)[C@H]65)CCCCC4)cc3)cs2)CC1. The van der Waals surface area contributed by atoms with Crippen LogP contribution in [0.2, 0.25) is 0 Å². The van der Waals surface area contributed by atoms with Crippen LogP contribution in [0.4, 0.5) is 9.52 Å². The summed E-state index contributed by atoms with van der Waals surface area (Å²) in [4.78, 5) is 36.9. The molecule has 0 bridgehead atoms. The van der Waals surface area contributed by atoms with E-state index >= 15 is 0 Å². The van der Waals surface area contributed by atoms with Gasteiger partial charge in [-0.05, 0) is 32.0 Å². The number of hydrogen-bond donors (Lipinski definition) is 2. The van der Waals surface area contributed by atoms with Gasteiger partial charge in [0.1, 0.15) is 31.2 Å². The van der Waals surface area contributed by atoms with Gasteiger partial charge in [0.15, 0.2) is 10.9 Å². The molecule has 4 fully saturated rings. The van der Waals surface area contributed by atoms with E-state index in [1.807, 2.05) is 17.5 Å². The number of nitrogens with zero attached hydrogens (tertiary/aromatic N) is 4. The molecule has 0 radical (unpaired) electrons. The zero-order chi connectivity index (χ0) is 27.1. The fourth-order valence-electron chi connectivity index (χ4n) is 6.46. The molecule has 2 N–H and O–H groups in total. The average molecular weight is 558 g/mol. The van der Waals surface area contributed by atoms with E-state index in [1.54, 1.807) is 23.5 Å². The molecule has 0 spiro atoms. The quantitative estimate of drug-likeness (QED) is 0.559. The lowest BCUT2D eigenvalue weighted by Crippen LogP contribution is -2.64. The van der Waals surface area contributed by atoms with Crippen molar-refractivity contribution in [3.8, 4) is 11.3 Å². The lowest BCUT2D eigenvalue weighted by Gasteiger charge is -2.46. The molecule has 1 amide bonds. The number of Topliss-reactive ketones (excluding diaryl/α,β-unsaturated/α-hetero) is 1. The second-order valence-corrected chi connectivity index (χ2v) is 12.2. The Morgan fingerprint density at radius 3 is 2.62 bits per heavy atom. The molecule has 4 atom stereocenters. The van der Waals surface area contributed by atoms with Gasteiger partial charge in [0.05, 0.1) is 11.2 Å². The lowest BCUT2D eigenvalue weighted by molar-refractivity contribution is -0.129. The van der Waals surface area contributed by atoms with Crippen molar-refractivity contribution in [2.75, 3.05) is 51.3 Å². The first-order valence-electron chi connectivity index (χ1n) is 13.9. The molecule has 210 valence electrons. The van der Waals surface area contributed by atoms with Crippen molar-refractivity contribution < 1.29 is 23.8 Å². The topological polar surface area (TPSA) is 98.2 Å². The number of amides is 1. The first kappa shape index (κ1) is 26.8. The van der Waals surface area contributed by atoms with Crippen molar-refractivity contribution in [3.63, 3.8) is 0 Å². The van der Waals surface area contributed by atoms with Gasteiger partial charge in [-0.3, -0.25) is 14.5 Å². The summed E-state index contributed by atoms with van der Waals surface area (Å²) in [6.07, 6.45) is 0.423. The van der Waals surface area contributed by atoms with Gasteiger partial charge in [0.2, 0.25) is 0 Å². The number of ether oxygens (including phenoxy) is 1. The van der Waals surface area contributed by atoms with Gasteiger partial charge < -0.3 is 25.0 Å². The number of thiazole rings is 1. The Labute approximate surface area is 231 Å². The molecule has 3 aliphatic heterocycles. The van der Waals surface area contributed by atoms with Gasteiger partial charge >= 0.3 is 0 Å². The molecule has 1 aliphatic carbocycles. The number of likely N-dealkylation sites (tertiary alicyclic amines) is 1. The van der Waals surface area contributed by atoms with Crippen molar-refractivity contribution >= 4 is 28.2 Å². The van der Waals surface area contributed by atoms with Crippen LogP contribution in [-0.4, -0.2) is 108 Å². The highest BCUT2D eigenvalue weighted by atomic mass is 32.1. The number of aliphatic hydroxyl groups is 1. The number of aliphatic hydroxyl groups excluding tert-OH is 1. The van der Waals surface area contributed by atoms with Crippen LogP contribution in [0.15, 0.2) is 29.6 Å². The molecule has 1 aromatic carbocycles. The first-order chi connectivity index (χ1) is 18.8. The molecule has 4 aliphatic rings. The summed E-state index contributed by atoms with van der Waals surface area (Å²) in [5.41, 5.74) is 1.34. The number of benzene rings is 1. The largest absolute Gasteiger partial charge is 0.376 e. The summed E-state index contributed by atoms with van der Waals surface area (Å²) in [5, 5.41) is 17.7. The Morgan fingerprint density at radius 1 is 1.18 bits per heavy atom. The third-order valence-corrected chi connectivity index (χ3v) is 9.68. The van der Waals surface area contributed by atoms with E-state index in [0.29, 0.717) is 18.4 Å². The van der Waals surface area contributed by atoms with Crippen molar-refractivity contribution in [2.45, 2.75) is 62.2 Å². The molecule has 11 heteroatoms. The predicted molar refractivity (Wildman–Crippen MR) is 147 cm³/mol. The zero-order valence-electron chi connectivity index (χ0n) is 22.2. The smallest absolute Gasteiger partial charge is 0.251 e. The van der Waals surface area contributed by atoms with Crippen LogP contribution in [0.3, 0.4) is 0 Å². The molecule has 6 rings (SSSR count). The highest BCUT2D eigenvalue weighted by Gasteiger charge is 2.56. The predicted octanol–water partition coefficient (Wildman–Crippen LogP) is 2.30. The lowest BCUT2D eigenvalue weighted by atomic mass is 9.79. The second kappa shape index (κ2) is 10.9. The fourth-order valence-corrected chi connectivity index (χ4v) is 7.35. The summed E-state index contributed by atoms with van der Waals surface area (Å²) in [5.74, 6) is -0.509. The maximum absolute atomic E-state index is 14.7. The monoisotopic (exact) mass is 557 g/mol. The molecule has 1 aromatic heterocycles. The number of fused-ring (bicyclic) bond motifs is 1. The van der Waals surface area contributed by atoms with Gasteiger partial charge in [0.25, 0.3) is 5.91 Å². The van der Waals surface area contributed by atoms with Crippen molar-refractivity contribution in [1.29, 1.82) is 0 Å². The molecule has 1 saturated carbocycles. The van der Waals surface area contributed by atoms with Crippen LogP contribution in [0.25, 0.3) is 11.3 Å². The normalized spacial score (nSPS) is 28.4. The number of hydrogen-bond acceptors (Lipinski definition) is 9. The number of alkyl halides is 1. The van der Waals surface area contributed by atoms with Crippen molar-refractivity contribution in [1.82, 2.24) is 20.1 Å². The minimum Gasteiger partial charge on any atom is -0.376 e. The molecular formula is C28H36FN5O4S. The number of likely N-dealkylation sites (N-methyl/N-ethyl adjacent to an activating group) is 1. The summed E-state index contributed by atoms with van der Waals surface area (Å²) < 4.78 is 20.0. The summed E-state index contributed by atoms with van der Waals surface area (Å²) in [7, 11) is 2.13. The van der Waals surface area contributed by atoms with Gasteiger partial charge in [0, 0.05) is 49.2 Å². The third-order valence-electron chi connectivity index (χ3n) is 8.78. The average Bonchev–Trinajstić information content (AvgIpc) is 3.67. The number of rotatable bonds is 6. The van der Waals surface area contributed by atoms with E-state index < -0.39 is 30.1 Å². The summed E-state index contributed by atoms with van der Waals surface area (Å²) in [6.45, 7) is 3.74. The fraction of sp³-hybridized carbons (Fsp3) is 0.607. The van der Waals surface area contributed by atoms with E-state index in [1.165, 1.54) is 4.90 Å². The Morgan fingerprint density at radius 2 is 1.90 bits per heavy atom. The van der Waals surface area contributed by atoms with Crippen LogP contribution in [0, 0.1) is 0 Å². The molecule has 9 nitrogen and oxygen atoms in total. The number of aromatic nitrogens is 1. The van der Waals surface area contributed by atoms with Crippen LogP contribution < -0.4 is 10.2 Å². The summed E-state index contributed by atoms with van der Waals surface area (Å²) in [6, 6.07) is 6.55. The van der Waals surface area contributed by atoms with Crippen molar-refractivity contribution in [3.05, 3.63) is 35.2 Å². The van der Waals surface area contributed by atoms with Gasteiger partial charge in [-0.1, -0.05) is 31.4 Å². The van der Waals surface area contributed by atoms with E-state index in [4.69, 9.17) is 9.72 Å². The maximum atomic E-state index is 14.7. The van der Waals surface area contributed by atoms with E-state index in [2.05, 4.69) is 22.2 Å². The van der Waals surface area contributed by atoms with Gasteiger partial charge in [-0.25, -0.2) is 9.37 Å². The molecular weight excluding hydrogens is 521 g/mol. The van der Waals surface area contributed by atoms with Crippen LogP contribution >= 0.6 is 11.3 Å². The summed E-state index contributed by atoms with van der Waals surface area (Å²) >= 11 is 1.63. The zero-order valence-corrected chi connectivity index (χ0v) is 23.0. The number of carbonyl (C=O) groups excluding carboxylic acids is 2. The Hall–Kier alpha value is -2.44. The Bertz CT molecular complexity index is 1190.